The van der Waals surface area contributed by atoms with E-state index in [0.29, 0.717) is 87.3 Å². The molecule has 2 fully saturated rings. The minimum absolute atomic E-state index is 0.0550. The molecular weight excluding hydrogens is 580 g/mol. The van der Waals surface area contributed by atoms with E-state index in [1.807, 2.05) is 4.90 Å². The van der Waals surface area contributed by atoms with Crippen LogP contribution in [0.4, 0.5) is 18.9 Å². The van der Waals surface area contributed by atoms with Gasteiger partial charge in [0.05, 0.1) is 12.2 Å². The first kappa shape index (κ1) is 31.4. The van der Waals surface area contributed by atoms with Gasteiger partial charge in [-0.25, -0.2) is 0 Å². The first-order valence-corrected chi connectivity index (χ1v) is 14.5. The highest BCUT2D eigenvalue weighted by atomic mass is 35.5. The molecule has 224 valence electrons. The van der Waals surface area contributed by atoms with Gasteiger partial charge in [-0.3, -0.25) is 9.59 Å². The number of likely N-dealkylation sites (tertiary alicyclic amines) is 1. The Balaban J connectivity index is 1.47. The Bertz CT molecular complexity index is 1220. The smallest absolute Gasteiger partial charge is 0.383 e. The maximum atomic E-state index is 13.8. The summed E-state index contributed by atoms with van der Waals surface area (Å²) in [6.45, 7) is 3.83. The molecule has 2 aromatic carbocycles. The predicted molar refractivity (Wildman–Crippen MR) is 154 cm³/mol. The lowest BCUT2D eigenvalue weighted by molar-refractivity contribution is -0.143. The summed E-state index contributed by atoms with van der Waals surface area (Å²) < 4.78 is 45.4. The van der Waals surface area contributed by atoms with E-state index in [2.05, 4.69) is 5.32 Å². The summed E-state index contributed by atoms with van der Waals surface area (Å²) in [4.78, 5) is 31.9. The van der Waals surface area contributed by atoms with Crippen molar-refractivity contribution in [2.45, 2.75) is 37.9 Å². The van der Waals surface area contributed by atoms with E-state index in [0.717, 1.165) is 17.3 Å². The summed E-state index contributed by atoms with van der Waals surface area (Å²) in [5.74, 6) is -0.207. The minimum atomic E-state index is -4.43. The molecule has 0 bridgehead atoms. The highest BCUT2D eigenvalue weighted by Crippen LogP contribution is 2.34. The third-order valence-corrected chi connectivity index (χ3v) is 8.18. The molecule has 7 nitrogen and oxygen atoms in total. The Labute approximate surface area is 248 Å². The topological polar surface area (TPSA) is 65.1 Å². The quantitative estimate of drug-likeness (QED) is 0.373. The van der Waals surface area contributed by atoms with E-state index in [9.17, 15) is 22.8 Å². The molecule has 12 heteroatoms. The Hall–Kier alpha value is -2.53. The number of ether oxygens (including phenoxy) is 1. The fraction of sp³-hybridized carbons (Fsp3) is 0.517. The zero-order chi connectivity index (χ0) is 29.6. The number of halogens is 5. The van der Waals surface area contributed by atoms with Crippen LogP contribution in [0.15, 0.2) is 36.4 Å². The van der Waals surface area contributed by atoms with Crippen LogP contribution in [0.3, 0.4) is 0 Å². The molecule has 2 aromatic rings. The number of amides is 2. The number of benzene rings is 2. The van der Waals surface area contributed by atoms with E-state index >= 15 is 0 Å². The van der Waals surface area contributed by atoms with Crippen molar-refractivity contribution in [2.75, 3.05) is 64.4 Å². The fourth-order valence-electron chi connectivity index (χ4n) is 5.40. The summed E-state index contributed by atoms with van der Waals surface area (Å²) in [5, 5.41) is 4.12. The summed E-state index contributed by atoms with van der Waals surface area (Å²) in [6.07, 6.45) is -2.63. The normalized spacial score (nSPS) is 16.9. The second-order valence-corrected chi connectivity index (χ2v) is 11.1. The largest absolute Gasteiger partial charge is 0.416 e. The number of hydrogen-bond donors (Lipinski definition) is 1. The molecular formula is C29H35Cl2F3N4O3. The SMILES string of the molecule is COCCNCCc1cc(C(F)(F)F)ccc1N1CCN(C(=O)[C@@H](Cc2ccc(Cl)cc2Cl)N2CCCC2=O)CC1. The lowest BCUT2D eigenvalue weighted by Crippen LogP contribution is -2.56. The van der Waals surface area contributed by atoms with Crippen LogP contribution in [0.25, 0.3) is 0 Å². The molecule has 0 aliphatic carbocycles. The van der Waals surface area contributed by atoms with Gasteiger partial charge in [0, 0.05) is 75.0 Å². The third kappa shape index (κ3) is 8.06. The lowest BCUT2D eigenvalue weighted by Gasteiger charge is -2.40. The van der Waals surface area contributed by atoms with Crippen molar-refractivity contribution in [2.24, 2.45) is 0 Å². The highest BCUT2D eigenvalue weighted by Gasteiger charge is 2.37. The average Bonchev–Trinajstić information content (AvgIpc) is 3.37. The van der Waals surface area contributed by atoms with Gasteiger partial charge in [-0.2, -0.15) is 13.2 Å². The van der Waals surface area contributed by atoms with Gasteiger partial charge in [0.15, 0.2) is 0 Å². The molecule has 4 rings (SSSR count). The summed E-state index contributed by atoms with van der Waals surface area (Å²) >= 11 is 12.5. The van der Waals surface area contributed by atoms with Crippen molar-refractivity contribution in [1.82, 2.24) is 15.1 Å². The minimum Gasteiger partial charge on any atom is -0.383 e. The molecule has 0 radical (unpaired) electrons. The van der Waals surface area contributed by atoms with Crippen molar-refractivity contribution in [3.05, 3.63) is 63.1 Å². The van der Waals surface area contributed by atoms with Gasteiger partial charge in [0.1, 0.15) is 6.04 Å². The monoisotopic (exact) mass is 614 g/mol. The maximum absolute atomic E-state index is 13.8. The molecule has 2 aliphatic heterocycles. The third-order valence-electron chi connectivity index (χ3n) is 7.59. The Morgan fingerprint density at radius 2 is 1.78 bits per heavy atom. The number of rotatable bonds is 11. The molecule has 41 heavy (non-hydrogen) atoms. The molecule has 1 atom stereocenters. The van der Waals surface area contributed by atoms with Gasteiger partial charge in [-0.15, -0.1) is 0 Å². The average molecular weight is 616 g/mol. The molecule has 0 unspecified atom stereocenters. The second-order valence-electron chi connectivity index (χ2n) is 10.3. The van der Waals surface area contributed by atoms with Gasteiger partial charge in [0.25, 0.3) is 0 Å². The van der Waals surface area contributed by atoms with Crippen molar-refractivity contribution < 1.29 is 27.5 Å². The van der Waals surface area contributed by atoms with Gasteiger partial charge in [-0.05, 0) is 60.8 Å². The molecule has 2 heterocycles. The summed E-state index contributed by atoms with van der Waals surface area (Å²) in [5.41, 5.74) is 1.39. The number of methoxy groups -OCH3 is 1. The van der Waals surface area contributed by atoms with Crippen LogP contribution in [0.1, 0.15) is 29.5 Å². The van der Waals surface area contributed by atoms with Crippen LogP contribution in [0, 0.1) is 0 Å². The molecule has 0 spiro atoms. The van der Waals surface area contributed by atoms with Crippen LogP contribution in [-0.2, 0) is 33.3 Å². The zero-order valence-electron chi connectivity index (χ0n) is 23.0. The molecule has 2 saturated heterocycles. The van der Waals surface area contributed by atoms with Crippen molar-refractivity contribution in [3.63, 3.8) is 0 Å². The number of carbonyl (C=O) groups excluding carboxylic acids is 2. The molecule has 0 saturated carbocycles. The number of piperazine rings is 1. The molecule has 2 amide bonds. The van der Waals surface area contributed by atoms with E-state index < -0.39 is 17.8 Å². The first-order chi connectivity index (χ1) is 19.6. The van der Waals surface area contributed by atoms with Gasteiger partial charge in [-0.1, -0.05) is 29.3 Å². The summed E-state index contributed by atoms with van der Waals surface area (Å²) in [6, 6.07) is 8.28. The van der Waals surface area contributed by atoms with Crippen LogP contribution < -0.4 is 10.2 Å². The number of anilines is 1. The van der Waals surface area contributed by atoms with Gasteiger partial charge in [0.2, 0.25) is 11.8 Å². The van der Waals surface area contributed by atoms with Crippen molar-refractivity contribution >= 4 is 40.7 Å². The first-order valence-electron chi connectivity index (χ1n) is 13.8. The van der Waals surface area contributed by atoms with Crippen LogP contribution >= 0.6 is 23.2 Å². The molecule has 0 aromatic heterocycles. The summed E-state index contributed by atoms with van der Waals surface area (Å²) in [7, 11) is 1.59. The standard InChI is InChI=1S/C29H35Cl2F3N4O3/c1-41-16-10-35-9-8-21-17-22(29(32,33)34)5-7-25(21)36-12-14-37(15-13-36)28(40)26(38-11-2-3-27(38)39)18-20-4-6-23(30)19-24(20)31/h4-7,17,19,26,35H,2-3,8-16,18H2,1H3/t26-/m1/s1. The van der Waals surface area contributed by atoms with Gasteiger partial charge >= 0.3 is 6.18 Å². The van der Waals surface area contributed by atoms with E-state index in [1.165, 1.54) is 12.1 Å². The number of nitrogens with zero attached hydrogens (tertiary/aromatic N) is 3. The van der Waals surface area contributed by atoms with Crippen molar-refractivity contribution in [3.8, 4) is 0 Å². The van der Waals surface area contributed by atoms with Crippen molar-refractivity contribution in [1.29, 1.82) is 0 Å². The molecule has 2 aliphatic rings. The highest BCUT2D eigenvalue weighted by molar-refractivity contribution is 6.35. The number of carbonyl (C=O) groups is 2. The Morgan fingerprint density at radius 3 is 2.41 bits per heavy atom. The molecule has 1 N–H and O–H groups in total. The van der Waals surface area contributed by atoms with Gasteiger partial charge < -0.3 is 24.8 Å². The van der Waals surface area contributed by atoms with E-state index in [1.54, 1.807) is 35.1 Å². The van der Waals surface area contributed by atoms with Crippen LogP contribution in [-0.4, -0.2) is 87.2 Å². The zero-order valence-corrected chi connectivity index (χ0v) is 24.5. The predicted octanol–water partition coefficient (Wildman–Crippen LogP) is 4.67. The number of nitrogens with one attached hydrogen (secondary N) is 1. The van der Waals surface area contributed by atoms with Crippen LogP contribution in [0.5, 0.6) is 0 Å². The fourth-order valence-corrected chi connectivity index (χ4v) is 5.88. The Kier molecular flexibility index (Phi) is 10.8. The van der Waals surface area contributed by atoms with E-state index in [-0.39, 0.29) is 18.2 Å². The number of hydrogen-bond acceptors (Lipinski definition) is 5. The lowest BCUT2D eigenvalue weighted by atomic mass is 10.0. The maximum Gasteiger partial charge on any atom is 0.416 e. The van der Waals surface area contributed by atoms with Crippen LogP contribution in [0.2, 0.25) is 10.0 Å². The Morgan fingerprint density at radius 1 is 1.02 bits per heavy atom. The second kappa shape index (κ2) is 14.1. The number of alkyl halides is 3. The van der Waals surface area contributed by atoms with E-state index in [4.69, 9.17) is 27.9 Å².